The van der Waals surface area contributed by atoms with Gasteiger partial charge in [0.25, 0.3) is 0 Å². The Morgan fingerprint density at radius 3 is 1.74 bits per heavy atom. The number of hydrogen-bond donors (Lipinski definition) is 0. The molecule has 1 aromatic heterocycles. The third-order valence-electron chi connectivity index (χ3n) is 8.72. The standard InChI is InChI=1S/C42H26O/c1-2-11-30-26-31(25-20-27(30)10-1)41-35-14-5-3-12-33(35)40(34-13-4-6-15-36(34)41)29-23-21-28(22-24-29)32-17-9-19-39-42(32)37-16-7-8-18-38(37)43-39/h1-26H/i1D,19D. The highest BCUT2D eigenvalue weighted by atomic mass is 16.3. The van der Waals surface area contributed by atoms with Gasteiger partial charge in [0.2, 0.25) is 0 Å². The molecule has 0 aliphatic heterocycles. The Morgan fingerprint density at radius 1 is 0.419 bits per heavy atom. The van der Waals surface area contributed by atoms with Crippen LogP contribution in [0, 0.1) is 0 Å². The molecule has 0 saturated carbocycles. The number of benzene rings is 8. The highest BCUT2D eigenvalue weighted by molar-refractivity contribution is 6.22. The Bertz CT molecular complexity index is 2550. The first kappa shape index (κ1) is 22.0. The molecule has 8 aromatic carbocycles. The summed E-state index contributed by atoms with van der Waals surface area (Å²) in [6.45, 7) is 0. The minimum atomic E-state index is 0.396. The molecule has 9 aromatic rings. The van der Waals surface area contributed by atoms with Crippen LogP contribution in [-0.4, -0.2) is 0 Å². The fraction of sp³-hybridized carbons (Fsp3) is 0. The normalized spacial score (nSPS) is 12.4. The number of hydrogen-bond acceptors (Lipinski definition) is 1. The van der Waals surface area contributed by atoms with E-state index in [1.54, 1.807) is 0 Å². The van der Waals surface area contributed by atoms with Crippen LogP contribution >= 0.6 is 0 Å². The maximum absolute atomic E-state index is 8.48. The van der Waals surface area contributed by atoms with Crippen LogP contribution in [0.5, 0.6) is 0 Å². The molecule has 0 unspecified atom stereocenters. The molecule has 0 N–H and O–H groups in total. The van der Waals surface area contributed by atoms with E-state index in [9.17, 15) is 0 Å². The van der Waals surface area contributed by atoms with E-state index < -0.39 is 0 Å². The topological polar surface area (TPSA) is 13.1 Å². The molecule has 0 saturated heterocycles. The van der Waals surface area contributed by atoms with Crippen molar-refractivity contribution in [1.29, 1.82) is 0 Å². The molecule has 0 fully saturated rings. The van der Waals surface area contributed by atoms with Gasteiger partial charge in [-0.1, -0.05) is 140 Å². The summed E-state index contributed by atoms with van der Waals surface area (Å²) >= 11 is 0. The summed E-state index contributed by atoms with van der Waals surface area (Å²) in [4.78, 5) is 0. The number of furan rings is 1. The van der Waals surface area contributed by atoms with Crippen LogP contribution in [0.4, 0.5) is 0 Å². The Labute approximate surface area is 252 Å². The van der Waals surface area contributed by atoms with Crippen molar-refractivity contribution in [2.45, 2.75) is 0 Å². The molecule has 0 bridgehead atoms. The first-order valence-electron chi connectivity index (χ1n) is 15.6. The summed E-state index contributed by atoms with van der Waals surface area (Å²) in [6.07, 6.45) is 0. The Kier molecular flexibility index (Phi) is 4.83. The van der Waals surface area contributed by atoms with Crippen LogP contribution in [0.1, 0.15) is 2.74 Å². The van der Waals surface area contributed by atoms with E-state index >= 15 is 0 Å². The third-order valence-corrected chi connectivity index (χ3v) is 8.72. The van der Waals surface area contributed by atoms with Gasteiger partial charge >= 0.3 is 0 Å². The van der Waals surface area contributed by atoms with Crippen molar-refractivity contribution in [2.24, 2.45) is 0 Å². The fourth-order valence-corrected chi connectivity index (χ4v) is 6.79. The molecule has 0 aliphatic rings. The Morgan fingerprint density at radius 2 is 1.02 bits per heavy atom. The first-order valence-corrected chi connectivity index (χ1v) is 14.6. The highest BCUT2D eigenvalue weighted by Gasteiger charge is 2.17. The molecule has 43 heavy (non-hydrogen) atoms. The molecule has 0 atom stereocenters. The van der Waals surface area contributed by atoms with Crippen LogP contribution in [0.15, 0.2) is 162 Å². The van der Waals surface area contributed by atoms with Gasteiger partial charge < -0.3 is 4.42 Å². The average molecular weight is 549 g/mol. The van der Waals surface area contributed by atoms with Crippen LogP contribution in [-0.2, 0) is 0 Å². The zero-order valence-electron chi connectivity index (χ0n) is 25.3. The molecule has 1 heteroatoms. The Balaban J connectivity index is 1.25. The van der Waals surface area contributed by atoms with E-state index in [1.807, 2.05) is 48.5 Å². The molecule has 9 rings (SSSR count). The summed E-state index contributed by atoms with van der Waals surface area (Å²) in [7, 11) is 0. The van der Waals surface area contributed by atoms with Gasteiger partial charge in [-0.25, -0.2) is 0 Å². The third kappa shape index (κ3) is 3.72. The van der Waals surface area contributed by atoms with Crippen molar-refractivity contribution in [3.05, 3.63) is 158 Å². The van der Waals surface area contributed by atoms with Gasteiger partial charge in [-0.3, -0.25) is 0 Å². The van der Waals surface area contributed by atoms with Gasteiger partial charge in [0.05, 0.1) is 2.74 Å². The SMILES string of the molecule is [2H]c1ccc2cc(-c3c4ccccc4c(-c4ccc(-c5ccc([2H])c6oc7ccccc7c56)cc4)c4ccccc34)ccc2c1. The molecule has 0 aliphatic carbocycles. The zero-order chi connectivity index (χ0) is 30.1. The monoisotopic (exact) mass is 548 g/mol. The summed E-state index contributed by atoms with van der Waals surface area (Å²) in [5.74, 6) is 0. The van der Waals surface area contributed by atoms with Crippen molar-refractivity contribution in [2.75, 3.05) is 0 Å². The predicted molar refractivity (Wildman–Crippen MR) is 183 cm³/mol. The van der Waals surface area contributed by atoms with Crippen LogP contribution < -0.4 is 0 Å². The molecule has 1 nitrogen and oxygen atoms in total. The lowest BCUT2D eigenvalue weighted by atomic mass is 9.85. The van der Waals surface area contributed by atoms with Crippen molar-refractivity contribution in [3.63, 3.8) is 0 Å². The second-order valence-corrected chi connectivity index (χ2v) is 11.1. The minimum Gasteiger partial charge on any atom is -0.456 e. The van der Waals surface area contributed by atoms with Crippen molar-refractivity contribution in [3.8, 4) is 33.4 Å². The molecular weight excluding hydrogens is 520 g/mol. The van der Waals surface area contributed by atoms with E-state index in [1.165, 1.54) is 38.2 Å². The van der Waals surface area contributed by atoms with Gasteiger partial charge in [-0.05, 0) is 83.9 Å². The summed E-state index contributed by atoms with van der Waals surface area (Å²) in [6, 6.07) is 51.4. The van der Waals surface area contributed by atoms with Crippen molar-refractivity contribution < 1.29 is 7.16 Å². The smallest absolute Gasteiger partial charge is 0.136 e. The van der Waals surface area contributed by atoms with E-state index in [2.05, 4.69) is 97.1 Å². The molecule has 200 valence electrons. The van der Waals surface area contributed by atoms with E-state index in [4.69, 9.17) is 7.16 Å². The second kappa shape index (κ2) is 9.44. The molecule has 0 spiro atoms. The highest BCUT2D eigenvalue weighted by Crippen LogP contribution is 2.45. The van der Waals surface area contributed by atoms with Crippen LogP contribution in [0.2, 0.25) is 0 Å². The van der Waals surface area contributed by atoms with E-state index in [-0.39, 0.29) is 0 Å². The van der Waals surface area contributed by atoms with Crippen molar-refractivity contribution >= 4 is 54.3 Å². The Hall–Kier alpha value is -5.66. The summed E-state index contributed by atoms with van der Waals surface area (Å²) < 4.78 is 22.6. The lowest BCUT2D eigenvalue weighted by molar-refractivity contribution is 0.669. The van der Waals surface area contributed by atoms with Gasteiger partial charge in [-0.15, -0.1) is 0 Å². The molecule has 1 heterocycles. The maximum Gasteiger partial charge on any atom is 0.136 e. The van der Waals surface area contributed by atoms with Gasteiger partial charge in [0, 0.05) is 10.8 Å². The lowest BCUT2D eigenvalue weighted by Crippen LogP contribution is -1.91. The average Bonchev–Trinajstić information content (AvgIpc) is 3.48. The zero-order valence-corrected chi connectivity index (χ0v) is 23.3. The van der Waals surface area contributed by atoms with Gasteiger partial charge in [0.15, 0.2) is 0 Å². The molecule has 0 amide bonds. The maximum atomic E-state index is 8.48. The summed E-state index contributed by atoms with van der Waals surface area (Å²) in [5.41, 5.74) is 8.35. The molecular formula is C42H26O. The van der Waals surface area contributed by atoms with E-state index in [0.717, 1.165) is 43.8 Å². The minimum absolute atomic E-state index is 0.396. The van der Waals surface area contributed by atoms with E-state index in [0.29, 0.717) is 17.7 Å². The second-order valence-electron chi connectivity index (χ2n) is 11.1. The first-order chi connectivity index (χ1) is 22.1. The fourth-order valence-electron chi connectivity index (χ4n) is 6.79. The number of rotatable bonds is 3. The lowest BCUT2D eigenvalue weighted by Gasteiger charge is -2.18. The number of para-hydroxylation sites is 1. The summed E-state index contributed by atoms with van der Waals surface area (Å²) in [5, 5.41) is 9.07. The molecule has 0 radical (unpaired) electrons. The van der Waals surface area contributed by atoms with Crippen LogP contribution in [0.3, 0.4) is 0 Å². The van der Waals surface area contributed by atoms with Gasteiger partial charge in [-0.2, -0.15) is 0 Å². The largest absolute Gasteiger partial charge is 0.456 e. The number of fused-ring (bicyclic) bond motifs is 6. The van der Waals surface area contributed by atoms with Crippen LogP contribution in [0.25, 0.3) is 87.6 Å². The van der Waals surface area contributed by atoms with Gasteiger partial charge in [0.1, 0.15) is 11.2 Å². The quantitative estimate of drug-likeness (QED) is 0.200. The predicted octanol–water partition coefficient (Wildman–Crippen LogP) is 12.0. The van der Waals surface area contributed by atoms with Crippen molar-refractivity contribution in [1.82, 2.24) is 0 Å².